The third-order valence-electron chi connectivity index (χ3n) is 3.56. The molecule has 106 valence electrons. The Morgan fingerprint density at radius 2 is 2.11 bits per heavy atom. The lowest BCUT2D eigenvalue weighted by atomic mass is 10.0. The van der Waals surface area contributed by atoms with Crippen molar-refractivity contribution in [1.82, 2.24) is 4.31 Å². The van der Waals surface area contributed by atoms with Gasteiger partial charge in [0, 0.05) is 18.3 Å². The maximum absolute atomic E-state index is 12.7. The zero-order valence-electron chi connectivity index (χ0n) is 11.1. The Bertz CT molecular complexity index is 572. The van der Waals surface area contributed by atoms with Gasteiger partial charge in [0.05, 0.1) is 5.02 Å². The van der Waals surface area contributed by atoms with Crippen LogP contribution in [0.1, 0.15) is 26.7 Å². The Kier molecular flexibility index (Phi) is 4.08. The average molecular weight is 303 g/mol. The second-order valence-electron chi connectivity index (χ2n) is 5.26. The van der Waals surface area contributed by atoms with E-state index >= 15 is 0 Å². The van der Waals surface area contributed by atoms with Crippen molar-refractivity contribution in [3.05, 3.63) is 23.2 Å². The third-order valence-corrected chi connectivity index (χ3v) is 5.97. The molecule has 2 rings (SSSR count). The van der Waals surface area contributed by atoms with Gasteiger partial charge in [-0.2, -0.15) is 4.31 Å². The fourth-order valence-electron chi connectivity index (χ4n) is 2.58. The first-order valence-electron chi connectivity index (χ1n) is 6.41. The molecule has 0 amide bonds. The van der Waals surface area contributed by atoms with Crippen molar-refractivity contribution in [2.45, 2.75) is 37.6 Å². The summed E-state index contributed by atoms with van der Waals surface area (Å²) in [5.41, 5.74) is 6.07. The van der Waals surface area contributed by atoms with Gasteiger partial charge >= 0.3 is 0 Å². The molecule has 0 aromatic heterocycles. The molecule has 1 unspecified atom stereocenters. The number of hydrogen-bond donors (Lipinski definition) is 1. The van der Waals surface area contributed by atoms with E-state index in [1.54, 1.807) is 10.4 Å². The molecule has 2 N–H and O–H groups in total. The van der Waals surface area contributed by atoms with Gasteiger partial charge in [0.15, 0.2) is 0 Å². The van der Waals surface area contributed by atoms with Crippen molar-refractivity contribution in [3.63, 3.8) is 0 Å². The Morgan fingerprint density at radius 3 is 2.68 bits per heavy atom. The van der Waals surface area contributed by atoms with Crippen molar-refractivity contribution in [3.8, 4) is 0 Å². The molecule has 0 saturated carbocycles. The predicted octanol–water partition coefficient (Wildman–Crippen LogP) is 2.73. The smallest absolute Gasteiger partial charge is 0.244 e. The molecule has 1 aromatic carbocycles. The number of sulfonamides is 1. The molecule has 1 aromatic rings. The number of nitrogens with two attached hydrogens (primary N) is 1. The molecule has 1 heterocycles. The molecule has 6 heteroatoms. The van der Waals surface area contributed by atoms with Crippen molar-refractivity contribution in [1.29, 1.82) is 0 Å². The minimum atomic E-state index is -3.53. The molecule has 0 radical (unpaired) electrons. The number of hydrogen-bond acceptors (Lipinski definition) is 3. The number of benzene rings is 1. The van der Waals surface area contributed by atoms with Crippen molar-refractivity contribution in [2.24, 2.45) is 5.92 Å². The molecule has 0 bridgehead atoms. The summed E-state index contributed by atoms with van der Waals surface area (Å²) in [6, 6.07) is 4.59. The van der Waals surface area contributed by atoms with E-state index in [2.05, 4.69) is 0 Å². The lowest BCUT2D eigenvalue weighted by Crippen LogP contribution is -2.38. The van der Waals surface area contributed by atoms with E-state index in [1.807, 2.05) is 13.8 Å². The van der Waals surface area contributed by atoms with Gasteiger partial charge in [0.1, 0.15) is 4.90 Å². The lowest BCUT2D eigenvalue weighted by Gasteiger charge is -2.27. The monoisotopic (exact) mass is 302 g/mol. The molecule has 0 aliphatic carbocycles. The quantitative estimate of drug-likeness (QED) is 0.873. The molecule has 0 spiro atoms. The van der Waals surface area contributed by atoms with E-state index in [4.69, 9.17) is 17.3 Å². The Labute approximate surface area is 119 Å². The highest BCUT2D eigenvalue weighted by molar-refractivity contribution is 7.89. The van der Waals surface area contributed by atoms with E-state index in [9.17, 15) is 8.42 Å². The van der Waals surface area contributed by atoms with E-state index in [1.165, 1.54) is 12.1 Å². The topological polar surface area (TPSA) is 63.4 Å². The third kappa shape index (κ3) is 2.73. The maximum Gasteiger partial charge on any atom is 0.244 e. The van der Waals surface area contributed by atoms with Gasteiger partial charge in [0.2, 0.25) is 10.0 Å². The minimum absolute atomic E-state index is 0.0543. The SMILES string of the molecule is CC(C)C1CCCN1S(=O)(=O)c1ccc(N)cc1Cl. The van der Waals surface area contributed by atoms with Gasteiger partial charge in [0.25, 0.3) is 0 Å². The number of nitrogen functional groups attached to an aromatic ring is 1. The number of anilines is 1. The highest BCUT2D eigenvalue weighted by atomic mass is 35.5. The standard InChI is InChI=1S/C13H19ClN2O2S/c1-9(2)12-4-3-7-16(12)19(17,18)13-6-5-10(15)8-11(13)14/h5-6,8-9,12H,3-4,7,15H2,1-2H3. The van der Waals surface area contributed by atoms with Crippen LogP contribution in [0, 0.1) is 5.92 Å². The van der Waals surface area contributed by atoms with E-state index in [0.29, 0.717) is 18.2 Å². The first kappa shape index (κ1) is 14.6. The fourth-order valence-corrected chi connectivity index (χ4v) is 4.94. The van der Waals surface area contributed by atoms with Gasteiger partial charge in [-0.1, -0.05) is 25.4 Å². The van der Waals surface area contributed by atoms with Crippen LogP contribution in [0.5, 0.6) is 0 Å². The van der Waals surface area contributed by atoms with Gasteiger partial charge in [-0.3, -0.25) is 0 Å². The zero-order valence-corrected chi connectivity index (χ0v) is 12.7. The molecule has 1 fully saturated rings. The van der Waals surface area contributed by atoms with Crippen LogP contribution >= 0.6 is 11.6 Å². The van der Waals surface area contributed by atoms with Crippen LogP contribution in [0.2, 0.25) is 5.02 Å². The van der Waals surface area contributed by atoms with Gasteiger partial charge < -0.3 is 5.73 Å². The van der Waals surface area contributed by atoms with Crippen LogP contribution in [0.4, 0.5) is 5.69 Å². The molecule has 1 atom stereocenters. The number of rotatable bonds is 3. The van der Waals surface area contributed by atoms with Crippen LogP contribution in [-0.2, 0) is 10.0 Å². The lowest BCUT2D eigenvalue weighted by molar-refractivity contribution is 0.316. The summed E-state index contributed by atoms with van der Waals surface area (Å²) in [7, 11) is -3.53. The molecule has 1 aliphatic rings. The predicted molar refractivity (Wildman–Crippen MR) is 77.6 cm³/mol. The van der Waals surface area contributed by atoms with Crippen LogP contribution in [-0.4, -0.2) is 25.3 Å². The summed E-state index contributed by atoms with van der Waals surface area (Å²) in [6.45, 7) is 4.65. The minimum Gasteiger partial charge on any atom is -0.399 e. The van der Waals surface area contributed by atoms with Gasteiger partial charge in [-0.15, -0.1) is 0 Å². The van der Waals surface area contributed by atoms with Crippen molar-refractivity contribution in [2.75, 3.05) is 12.3 Å². The molecule has 1 saturated heterocycles. The first-order valence-corrected chi connectivity index (χ1v) is 8.22. The van der Waals surface area contributed by atoms with E-state index in [0.717, 1.165) is 12.8 Å². The average Bonchev–Trinajstić information content (AvgIpc) is 2.77. The largest absolute Gasteiger partial charge is 0.399 e. The van der Waals surface area contributed by atoms with E-state index < -0.39 is 10.0 Å². The Morgan fingerprint density at radius 1 is 1.42 bits per heavy atom. The second kappa shape index (κ2) is 5.31. The van der Waals surface area contributed by atoms with Crippen LogP contribution in [0.3, 0.4) is 0 Å². The van der Waals surface area contributed by atoms with Crippen molar-refractivity contribution >= 4 is 27.3 Å². The molecular weight excluding hydrogens is 284 g/mol. The Hall–Kier alpha value is -0.780. The normalized spacial score (nSPS) is 21.2. The first-order chi connectivity index (χ1) is 8.84. The highest BCUT2D eigenvalue weighted by Gasteiger charge is 2.37. The summed E-state index contributed by atoms with van der Waals surface area (Å²) in [6.07, 6.45) is 1.80. The van der Waals surface area contributed by atoms with Crippen LogP contribution in [0.15, 0.2) is 23.1 Å². The number of nitrogens with zero attached hydrogens (tertiary/aromatic N) is 1. The second-order valence-corrected chi connectivity index (χ2v) is 7.53. The van der Waals surface area contributed by atoms with Crippen LogP contribution in [0.25, 0.3) is 0 Å². The Balaban J connectivity index is 2.42. The summed E-state index contributed by atoms with van der Waals surface area (Å²) in [5, 5.41) is 0.189. The van der Waals surface area contributed by atoms with Crippen LogP contribution < -0.4 is 5.73 Å². The highest BCUT2D eigenvalue weighted by Crippen LogP contribution is 2.33. The summed E-state index contributed by atoms with van der Waals surface area (Å²) < 4.78 is 26.9. The molecule has 1 aliphatic heterocycles. The summed E-state index contributed by atoms with van der Waals surface area (Å²) in [4.78, 5) is 0.149. The fraction of sp³-hybridized carbons (Fsp3) is 0.538. The van der Waals surface area contributed by atoms with Gasteiger partial charge in [-0.25, -0.2) is 8.42 Å². The number of halogens is 1. The summed E-state index contributed by atoms with van der Waals surface area (Å²) >= 11 is 6.03. The van der Waals surface area contributed by atoms with Gasteiger partial charge in [-0.05, 0) is 37.0 Å². The molecular formula is C13H19ClN2O2S. The maximum atomic E-state index is 12.7. The molecule has 19 heavy (non-hydrogen) atoms. The molecule has 4 nitrogen and oxygen atoms in total. The summed E-state index contributed by atoms with van der Waals surface area (Å²) in [5.74, 6) is 0.296. The van der Waals surface area contributed by atoms with E-state index in [-0.39, 0.29) is 16.0 Å². The van der Waals surface area contributed by atoms with Crippen molar-refractivity contribution < 1.29 is 8.42 Å². The zero-order chi connectivity index (χ0) is 14.2.